The number of carbonyl (C=O) groups excluding carboxylic acids is 3. The van der Waals surface area contributed by atoms with Crippen LogP contribution in [0.4, 0.5) is 0 Å². The number of aliphatic carboxylic acids is 2. The van der Waals surface area contributed by atoms with Crippen molar-refractivity contribution in [2.45, 2.75) is 37.0 Å². The summed E-state index contributed by atoms with van der Waals surface area (Å²) < 4.78 is 0. The molecule has 0 radical (unpaired) electrons. The third-order valence-electron chi connectivity index (χ3n) is 3.43. The second-order valence-electron chi connectivity index (χ2n) is 5.61. The number of rotatable bonds is 13. The molecule has 0 rings (SSSR count). The number of amides is 3. The molecule has 0 fully saturated rings. The van der Waals surface area contributed by atoms with Crippen molar-refractivity contribution in [3.63, 3.8) is 0 Å². The van der Waals surface area contributed by atoms with Gasteiger partial charge < -0.3 is 37.0 Å². The molecule has 28 heavy (non-hydrogen) atoms. The summed E-state index contributed by atoms with van der Waals surface area (Å²) in [6, 6.07) is -5.14. The number of hydrogen-bond donors (Lipinski definition) is 9. The number of hydrogen-bond acceptors (Lipinski definition) is 9. The molecule has 14 heteroatoms. The highest BCUT2D eigenvalue weighted by atomic mass is 32.1. The van der Waals surface area contributed by atoms with Crippen LogP contribution in [0, 0.1) is 0 Å². The molecule has 0 aromatic heterocycles. The Bertz CT molecular complexity index is 592. The third-order valence-corrected chi connectivity index (χ3v) is 4.16. The Balaban J connectivity index is 4.86. The first kappa shape index (κ1) is 26.0. The van der Waals surface area contributed by atoms with E-state index in [1.54, 1.807) is 0 Å². The number of nitrogens with two attached hydrogens (primary N) is 1. The summed E-state index contributed by atoms with van der Waals surface area (Å²) in [7, 11) is 0. The minimum atomic E-state index is -1.56. The summed E-state index contributed by atoms with van der Waals surface area (Å²) in [5.74, 6) is -5.41. The zero-order chi connectivity index (χ0) is 21.9. The number of aliphatic hydroxyl groups is 1. The maximum Gasteiger partial charge on any atom is 0.328 e. The number of carboxylic acids is 2. The van der Waals surface area contributed by atoms with Gasteiger partial charge in [0, 0.05) is 17.9 Å². The Morgan fingerprint density at radius 3 is 1.61 bits per heavy atom. The fraction of sp³-hybridized carbons (Fsp3) is 0.643. The highest BCUT2D eigenvalue weighted by Gasteiger charge is 2.29. The molecule has 0 aliphatic rings. The number of aliphatic hydroxyl groups excluding tert-OH is 1. The van der Waals surface area contributed by atoms with Crippen molar-refractivity contribution in [2.75, 3.05) is 18.1 Å². The number of thiol groups is 2. The molecule has 4 unspecified atom stereocenters. The van der Waals surface area contributed by atoms with Crippen molar-refractivity contribution < 1.29 is 39.3 Å². The van der Waals surface area contributed by atoms with Crippen LogP contribution in [0.1, 0.15) is 12.8 Å². The third kappa shape index (κ3) is 9.25. The van der Waals surface area contributed by atoms with Crippen LogP contribution in [0.15, 0.2) is 0 Å². The van der Waals surface area contributed by atoms with Gasteiger partial charge in [0.1, 0.15) is 18.1 Å². The smallest absolute Gasteiger partial charge is 0.328 e. The number of carbonyl (C=O) groups is 5. The lowest BCUT2D eigenvalue weighted by atomic mass is 10.1. The van der Waals surface area contributed by atoms with Crippen LogP contribution in [-0.4, -0.2) is 87.3 Å². The van der Waals surface area contributed by atoms with Gasteiger partial charge in [0.15, 0.2) is 0 Å². The summed E-state index contributed by atoms with van der Waals surface area (Å²) >= 11 is 7.86. The van der Waals surface area contributed by atoms with Gasteiger partial charge in [0.25, 0.3) is 0 Å². The van der Waals surface area contributed by atoms with Crippen molar-refractivity contribution in [3.05, 3.63) is 0 Å². The van der Waals surface area contributed by atoms with E-state index < -0.39 is 60.4 Å². The molecular weight excluding hydrogens is 416 g/mol. The second-order valence-corrected chi connectivity index (χ2v) is 6.34. The van der Waals surface area contributed by atoms with Crippen LogP contribution >= 0.6 is 25.3 Å². The number of carboxylic acid groups (broad SMARTS) is 2. The minimum Gasteiger partial charge on any atom is -0.481 e. The van der Waals surface area contributed by atoms with Crippen molar-refractivity contribution in [2.24, 2.45) is 5.73 Å². The summed E-state index contributed by atoms with van der Waals surface area (Å²) in [4.78, 5) is 57.6. The van der Waals surface area contributed by atoms with E-state index in [2.05, 4.69) is 35.9 Å². The van der Waals surface area contributed by atoms with Crippen LogP contribution in [0.2, 0.25) is 0 Å². The Hall–Kier alpha value is -2.03. The maximum atomic E-state index is 12.3. The van der Waals surface area contributed by atoms with Gasteiger partial charge in [-0.2, -0.15) is 25.3 Å². The minimum absolute atomic E-state index is 0.137. The first-order chi connectivity index (χ1) is 13.1. The van der Waals surface area contributed by atoms with E-state index in [1.807, 2.05) is 5.32 Å². The average molecular weight is 441 g/mol. The molecule has 0 saturated heterocycles. The first-order valence-corrected chi connectivity index (χ1v) is 9.27. The molecule has 0 aliphatic heterocycles. The van der Waals surface area contributed by atoms with Gasteiger partial charge in [-0.1, -0.05) is 0 Å². The van der Waals surface area contributed by atoms with Crippen LogP contribution < -0.4 is 21.7 Å². The van der Waals surface area contributed by atoms with Gasteiger partial charge >= 0.3 is 11.9 Å². The fourth-order valence-corrected chi connectivity index (χ4v) is 2.32. The monoisotopic (exact) mass is 440 g/mol. The lowest BCUT2D eigenvalue weighted by Gasteiger charge is -2.23. The van der Waals surface area contributed by atoms with Gasteiger partial charge in [-0.3, -0.25) is 19.2 Å². The second kappa shape index (κ2) is 13.2. The van der Waals surface area contributed by atoms with Gasteiger partial charge in [0.05, 0.1) is 12.6 Å². The van der Waals surface area contributed by atoms with Crippen LogP contribution in [-0.2, 0) is 24.0 Å². The lowest BCUT2D eigenvalue weighted by molar-refractivity contribution is -0.143. The summed E-state index contributed by atoms with van der Waals surface area (Å²) in [6.45, 7) is -0.849. The van der Waals surface area contributed by atoms with E-state index in [0.717, 1.165) is 0 Å². The summed E-state index contributed by atoms with van der Waals surface area (Å²) in [5.41, 5.74) is 5.56. The van der Waals surface area contributed by atoms with Crippen molar-refractivity contribution >= 4 is 54.9 Å². The molecule has 0 aromatic rings. The van der Waals surface area contributed by atoms with Gasteiger partial charge in [0.2, 0.25) is 17.7 Å². The maximum absolute atomic E-state index is 12.3. The van der Waals surface area contributed by atoms with E-state index in [0.29, 0.717) is 0 Å². The molecular formula is C14H24N4O8S2. The van der Waals surface area contributed by atoms with Gasteiger partial charge in [-0.25, -0.2) is 4.79 Å². The molecule has 0 bridgehead atoms. The summed E-state index contributed by atoms with van der Waals surface area (Å²) in [6.07, 6.45) is -0.467. The highest BCUT2D eigenvalue weighted by molar-refractivity contribution is 7.80. The molecule has 0 aromatic carbocycles. The molecule has 0 spiro atoms. The quantitative estimate of drug-likeness (QED) is 0.130. The number of nitrogens with one attached hydrogen (secondary N) is 3. The Morgan fingerprint density at radius 1 is 0.821 bits per heavy atom. The molecule has 4 atom stereocenters. The zero-order valence-corrected chi connectivity index (χ0v) is 16.5. The molecule has 8 N–H and O–H groups in total. The molecule has 12 nitrogen and oxygen atoms in total. The molecule has 0 saturated carbocycles. The largest absolute Gasteiger partial charge is 0.481 e. The topological polar surface area (TPSA) is 208 Å². The fourth-order valence-electron chi connectivity index (χ4n) is 1.81. The normalized spacial score (nSPS) is 14.9. The molecule has 3 amide bonds. The lowest BCUT2D eigenvalue weighted by Crippen LogP contribution is -2.58. The van der Waals surface area contributed by atoms with Crippen LogP contribution in [0.5, 0.6) is 0 Å². The Kier molecular flexibility index (Phi) is 12.2. The molecule has 0 heterocycles. The zero-order valence-electron chi connectivity index (χ0n) is 14.7. The van der Waals surface area contributed by atoms with Crippen LogP contribution in [0.3, 0.4) is 0 Å². The molecule has 160 valence electrons. The standard InChI is InChI=1S/C14H24N4O8S2/c15-6(1-2-10(20)21)11(22)17-8(4-27)13(24)18-9(5-28)12(23)16-7(3-19)14(25)26/h6-9,19,27-28H,1-5,15H2,(H,16,23)(H,17,22)(H,18,24)(H,20,21)(H,25,26). The van der Waals surface area contributed by atoms with E-state index in [1.165, 1.54) is 0 Å². The Morgan fingerprint density at radius 2 is 1.25 bits per heavy atom. The van der Waals surface area contributed by atoms with E-state index in [4.69, 9.17) is 21.1 Å². The predicted molar refractivity (Wildman–Crippen MR) is 103 cm³/mol. The van der Waals surface area contributed by atoms with E-state index in [9.17, 15) is 24.0 Å². The Labute approximate surface area is 171 Å². The first-order valence-electron chi connectivity index (χ1n) is 8.01. The van der Waals surface area contributed by atoms with Crippen LogP contribution in [0.25, 0.3) is 0 Å². The summed E-state index contributed by atoms with van der Waals surface area (Å²) in [5, 5.41) is 33.0. The van der Waals surface area contributed by atoms with Crippen molar-refractivity contribution in [1.82, 2.24) is 16.0 Å². The molecule has 0 aliphatic carbocycles. The van der Waals surface area contributed by atoms with Gasteiger partial charge in [-0.05, 0) is 6.42 Å². The average Bonchev–Trinajstić information content (AvgIpc) is 2.65. The van der Waals surface area contributed by atoms with Crippen molar-refractivity contribution in [1.29, 1.82) is 0 Å². The SMILES string of the molecule is NC(CCC(=O)O)C(=O)NC(CS)C(=O)NC(CS)C(=O)NC(CO)C(=O)O. The highest BCUT2D eigenvalue weighted by Crippen LogP contribution is 1.99. The predicted octanol–water partition coefficient (Wildman–Crippen LogP) is -3.43. The van der Waals surface area contributed by atoms with Gasteiger partial charge in [-0.15, -0.1) is 0 Å². The van der Waals surface area contributed by atoms with E-state index >= 15 is 0 Å². The van der Waals surface area contributed by atoms with Crippen molar-refractivity contribution in [3.8, 4) is 0 Å². The van der Waals surface area contributed by atoms with E-state index in [-0.39, 0.29) is 24.3 Å².